The lowest BCUT2D eigenvalue weighted by Gasteiger charge is -2.20. The molecule has 1 aliphatic rings. The number of aliphatic imine (C=N–C) groups is 1. The summed E-state index contributed by atoms with van der Waals surface area (Å²) in [5.41, 5.74) is 1.97. The van der Waals surface area contributed by atoms with Gasteiger partial charge in [-0.15, -0.1) is 24.0 Å². The molecule has 0 aromatic heterocycles. The van der Waals surface area contributed by atoms with Gasteiger partial charge in [-0.05, 0) is 62.3 Å². The summed E-state index contributed by atoms with van der Waals surface area (Å²) in [7, 11) is 0. The highest BCUT2D eigenvalue weighted by molar-refractivity contribution is 14.0. The van der Waals surface area contributed by atoms with Crippen molar-refractivity contribution in [1.82, 2.24) is 10.6 Å². The predicted octanol–water partition coefficient (Wildman–Crippen LogP) is 5.02. The van der Waals surface area contributed by atoms with E-state index >= 15 is 0 Å². The zero-order chi connectivity index (χ0) is 20.0. The second kappa shape index (κ2) is 15.8. The molecule has 5 nitrogen and oxygen atoms in total. The van der Waals surface area contributed by atoms with Crippen molar-refractivity contribution in [3.63, 3.8) is 0 Å². The van der Waals surface area contributed by atoms with Gasteiger partial charge in [0.05, 0.1) is 6.54 Å². The molecule has 1 aliphatic carbocycles. The van der Waals surface area contributed by atoms with Crippen LogP contribution in [0, 0.1) is 5.92 Å². The number of amides is 1. The number of carbonyl (C=O) groups is 1. The lowest BCUT2D eigenvalue weighted by Crippen LogP contribution is -2.37. The molecule has 0 unspecified atom stereocenters. The molecule has 1 fully saturated rings. The largest absolute Gasteiger partial charge is 0.357 e. The summed E-state index contributed by atoms with van der Waals surface area (Å²) in [6, 6.07) is 8.04. The van der Waals surface area contributed by atoms with Crippen LogP contribution in [0.2, 0.25) is 0 Å². The minimum absolute atomic E-state index is 0. The number of unbranched alkanes of at least 4 members (excludes halogenated alkanes) is 1. The minimum atomic E-state index is 0. The highest BCUT2D eigenvalue weighted by Gasteiger charge is 2.20. The van der Waals surface area contributed by atoms with Gasteiger partial charge in [0, 0.05) is 24.7 Å². The molecular formula is C22H37IN4OS. The highest BCUT2D eigenvalue weighted by Crippen LogP contribution is 2.25. The standard InChI is InChI=1S/C22H36N4OS.HI/c1-3-23-22(24-14-7-8-15-28-2)25-17-18-10-9-13-20(16-18)26-21(27)19-11-5-4-6-12-19;/h9-10,13,16,19H,3-8,11-12,14-15,17H2,1-2H3,(H,26,27)(H2,23,24,25);1H. The summed E-state index contributed by atoms with van der Waals surface area (Å²) in [5, 5.41) is 9.80. The number of nitrogens with one attached hydrogen (secondary N) is 3. The molecule has 0 aliphatic heterocycles. The molecule has 0 atom stereocenters. The summed E-state index contributed by atoms with van der Waals surface area (Å²) < 4.78 is 0. The molecule has 0 radical (unpaired) electrons. The van der Waals surface area contributed by atoms with Gasteiger partial charge in [-0.25, -0.2) is 4.99 Å². The smallest absolute Gasteiger partial charge is 0.227 e. The van der Waals surface area contributed by atoms with Gasteiger partial charge in [-0.2, -0.15) is 11.8 Å². The topological polar surface area (TPSA) is 65.5 Å². The van der Waals surface area contributed by atoms with Crippen LogP contribution in [0.25, 0.3) is 0 Å². The summed E-state index contributed by atoms with van der Waals surface area (Å²) in [6.45, 7) is 4.44. The molecule has 1 saturated carbocycles. The molecule has 7 heteroatoms. The SMILES string of the molecule is CCNC(=NCc1cccc(NC(=O)C2CCCCC2)c1)NCCCCSC.I. The Morgan fingerprint density at radius 2 is 1.97 bits per heavy atom. The first kappa shape index (κ1) is 26.1. The second-order valence-corrected chi connectivity index (χ2v) is 8.33. The van der Waals surface area contributed by atoms with Crippen LogP contribution in [0.5, 0.6) is 0 Å². The number of benzene rings is 1. The van der Waals surface area contributed by atoms with E-state index in [-0.39, 0.29) is 35.8 Å². The van der Waals surface area contributed by atoms with E-state index in [9.17, 15) is 4.79 Å². The fraction of sp³-hybridized carbons (Fsp3) is 0.636. The maximum absolute atomic E-state index is 12.5. The van der Waals surface area contributed by atoms with Crippen molar-refractivity contribution in [3.8, 4) is 0 Å². The number of guanidine groups is 1. The number of halogens is 1. The van der Waals surface area contributed by atoms with Gasteiger partial charge in [0.25, 0.3) is 0 Å². The number of nitrogens with zero attached hydrogens (tertiary/aromatic N) is 1. The van der Waals surface area contributed by atoms with E-state index in [1.54, 1.807) is 0 Å². The Morgan fingerprint density at radius 3 is 2.69 bits per heavy atom. The van der Waals surface area contributed by atoms with Crippen molar-refractivity contribution in [3.05, 3.63) is 29.8 Å². The first-order valence-corrected chi connectivity index (χ1v) is 12.0. The third-order valence-corrected chi connectivity index (χ3v) is 5.70. The monoisotopic (exact) mass is 532 g/mol. The summed E-state index contributed by atoms with van der Waals surface area (Å²) in [6.07, 6.45) is 10.1. The Balaban J connectivity index is 0.00000420. The molecule has 0 saturated heterocycles. The summed E-state index contributed by atoms with van der Waals surface area (Å²) in [5.74, 6) is 2.39. The molecule has 29 heavy (non-hydrogen) atoms. The zero-order valence-corrected chi connectivity index (χ0v) is 21.0. The number of rotatable bonds is 10. The molecule has 3 N–H and O–H groups in total. The highest BCUT2D eigenvalue weighted by atomic mass is 127. The number of anilines is 1. The molecule has 1 amide bonds. The Bertz CT molecular complexity index is 621. The fourth-order valence-corrected chi connectivity index (χ4v) is 3.94. The van der Waals surface area contributed by atoms with Crippen LogP contribution in [0.3, 0.4) is 0 Å². The first-order chi connectivity index (χ1) is 13.7. The van der Waals surface area contributed by atoms with Crippen LogP contribution < -0.4 is 16.0 Å². The maximum Gasteiger partial charge on any atom is 0.227 e. The summed E-state index contributed by atoms with van der Waals surface area (Å²) in [4.78, 5) is 17.2. The molecule has 1 aromatic rings. The van der Waals surface area contributed by atoms with Crippen LogP contribution in [-0.4, -0.2) is 37.0 Å². The molecule has 0 spiro atoms. The van der Waals surface area contributed by atoms with Crippen LogP contribution in [0.1, 0.15) is 57.4 Å². The van der Waals surface area contributed by atoms with Crippen molar-refractivity contribution in [2.45, 2.75) is 58.4 Å². The van der Waals surface area contributed by atoms with E-state index in [0.717, 1.165) is 49.6 Å². The first-order valence-electron chi connectivity index (χ1n) is 10.6. The lowest BCUT2D eigenvalue weighted by molar-refractivity contribution is -0.120. The molecule has 164 valence electrons. The normalized spacial score (nSPS) is 14.8. The van der Waals surface area contributed by atoms with Crippen LogP contribution in [0.4, 0.5) is 5.69 Å². The number of carbonyl (C=O) groups excluding carboxylic acids is 1. The van der Waals surface area contributed by atoms with Gasteiger partial charge in [0.1, 0.15) is 0 Å². The summed E-state index contributed by atoms with van der Waals surface area (Å²) >= 11 is 1.89. The third kappa shape index (κ3) is 10.6. The van der Waals surface area contributed by atoms with Crippen molar-refractivity contribution < 1.29 is 4.79 Å². The van der Waals surface area contributed by atoms with Gasteiger partial charge in [-0.1, -0.05) is 31.4 Å². The van der Waals surface area contributed by atoms with E-state index in [2.05, 4.69) is 40.2 Å². The van der Waals surface area contributed by atoms with Gasteiger partial charge in [-0.3, -0.25) is 4.79 Å². The Labute approximate surface area is 197 Å². The van der Waals surface area contributed by atoms with Crippen molar-refractivity contribution in [1.29, 1.82) is 0 Å². The Morgan fingerprint density at radius 1 is 1.17 bits per heavy atom. The maximum atomic E-state index is 12.5. The number of hydrogen-bond donors (Lipinski definition) is 3. The Kier molecular flexibility index (Phi) is 14.2. The van der Waals surface area contributed by atoms with Gasteiger partial charge >= 0.3 is 0 Å². The van der Waals surface area contributed by atoms with Crippen LogP contribution in [-0.2, 0) is 11.3 Å². The van der Waals surface area contributed by atoms with E-state index in [4.69, 9.17) is 0 Å². The molecular weight excluding hydrogens is 495 g/mol. The average Bonchev–Trinajstić information content (AvgIpc) is 2.72. The quantitative estimate of drug-likeness (QED) is 0.171. The van der Waals surface area contributed by atoms with E-state index in [1.807, 2.05) is 30.0 Å². The average molecular weight is 533 g/mol. The molecule has 1 aromatic carbocycles. The molecule has 2 rings (SSSR count). The van der Waals surface area contributed by atoms with Crippen molar-refractivity contribution >= 4 is 53.3 Å². The molecule has 0 bridgehead atoms. The van der Waals surface area contributed by atoms with E-state index < -0.39 is 0 Å². The second-order valence-electron chi connectivity index (χ2n) is 7.35. The van der Waals surface area contributed by atoms with Gasteiger partial charge in [0.2, 0.25) is 5.91 Å². The minimum Gasteiger partial charge on any atom is -0.357 e. The zero-order valence-electron chi connectivity index (χ0n) is 17.8. The van der Waals surface area contributed by atoms with Gasteiger partial charge < -0.3 is 16.0 Å². The lowest BCUT2D eigenvalue weighted by atomic mass is 9.88. The number of hydrogen-bond acceptors (Lipinski definition) is 3. The fourth-order valence-electron chi connectivity index (χ4n) is 3.45. The van der Waals surface area contributed by atoms with Gasteiger partial charge in [0.15, 0.2) is 5.96 Å². The van der Waals surface area contributed by atoms with Crippen molar-refractivity contribution in [2.75, 3.05) is 30.4 Å². The Hall–Kier alpha value is -0.960. The third-order valence-electron chi connectivity index (χ3n) is 5.00. The van der Waals surface area contributed by atoms with E-state index in [1.165, 1.54) is 31.4 Å². The number of thioether (sulfide) groups is 1. The predicted molar refractivity (Wildman–Crippen MR) is 137 cm³/mol. The van der Waals surface area contributed by atoms with Crippen molar-refractivity contribution in [2.24, 2.45) is 10.9 Å². The van der Waals surface area contributed by atoms with E-state index in [0.29, 0.717) is 6.54 Å². The van der Waals surface area contributed by atoms with Crippen LogP contribution >= 0.6 is 35.7 Å². The molecule has 0 heterocycles. The van der Waals surface area contributed by atoms with Crippen LogP contribution in [0.15, 0.2) is 29.3 Å².